The maximum Gasteiger partial charge on any atom is 0.0646 e. The highest BCUT2D eigenvalue weighted by molar-refractivity contribution is 6.30. The molecule has 0 radical (unpaired) electrons. The third kappa shape index (κ3) is 4.73. The zero-order chi connectivity index (χ0) is 16.9. The first-order valence-electron chi connectivity index (χ1n) is 8.13. The van der Waals surface area contributed by atoms with Crippen molar-refractivity contribution < 1.29 is 0 Å². The van der Waals surface area contributed by atoms with E-state index in [1.54, 1.807) is 0 Å². The van der Waals surface area contributed by atoms with Crippen LogP contribution < -0.4 is 0 Å². The van der Waals surface area contributed by atoms with Crippen LogP contribution in [0, 0.1) is 0 Å². The highest BCUT2D eigenvalue weighted by Gasteiger charge is 2.16. The second-order valence-corrected chi connectivity index (χ2v) is 6.92. The zero-order valence-electron chi connectivity index (χ0n) is 13.8. The zero-order valence-corrected chi connectivity index (χ0v) is 15.3. The second kappa shape index (κ2) is 8.02. The van der Waals surface area contributed by atoms with Crippen LogP contribution in [0.5, 0.6) is 0 Å². The number of benzene rings is 2. The standard InChI is InChI=1S/C19H21Cl2N3/c1-15(17-4-8-19(21)9-5-17)22-24-12-10-23(11-13-24)14-16-2-6-18(20)7-3-16/h2-9H,10-14H2,1H3. The molecule has 0 aliphatic carbocycles. The summed E-state index contributed by atoms with van der Waals surface area (Å²) in [4.78, 5) is 2.45. The maximum atomic E-state index is 5.94. The Bertz CT molecular complexity index is 688. The van der Waals surface area contributed by atoms with Crippen LogP contribution in [-0.4, -0.2) is 41.8 Å². The summed E-state index contributed by atoms with van der Waals surface area (Å²) in [5, 5.41) is 8.45. The van der Waals surface area contributed by atoms with Gasteiger partial charge in [0.15, 0.2) is 0 Å². The molecule has 1 aliphatic rings. The van der Waals surface area contributed by atoms with Crippen molar-refractivity contribution in [1.29, 1.82) is 0 Å². The minimum Gasteiger partial charge on any atom is -0.295 e. The lowest BCUT2D eigenvalue weighted by Crippen LogP contribution is -2.43. The van der Waals surface area contributed by atoms with Gasteiger partial charge < -0.3 is 0 Å². The molecule has 0 spiro atoms. The van der Waals surface area contributed by atoms with Gasteiger partial charge >= 0.3 is 0 Å². The third-order valence-corrected chi connectivity index (χ3v) is 4.73. The SMILES string of the molecule is CC(=NN1CCN(Cc2ccc(Cl)cc2)CC1)c1ccc(Cl)cc1. The van der Waals surface area contributed by atoms with Crippen molar-refractivity contribution in [1.82, 2.24) is 9.91 Å². The largest absolute Gasteiger partial charge is 0.295 e. The van der Waals surface area contributed by atoms with Crippen LogP contribution in [0.25, 0.3) is 0 Å². The summed E-state index contributed by atoms with van der Waals surface area (Å²) >= 11 is 11.9. The molecule has 0 atom stereocenters. The van der Waals surface area contributed by atoms with Crippen LogP contribution in [0.15, 0.2) is 53.6 Å². The third-order valence-electron chi connectivity index (χ3n) is 4.22. The topological polar surface area (TPSA) is 18.8 Å². The van der Waals surface area contributed by atoms with E-state index in [1.165, 1.54) is 5.56 Å². The number of hydrogen-bond acceptors (Lipinski definition) is 3. The van der Waals surface area contributed by atoms with E-state index in [4.69, 9.17) is 28.3 Å². The number of piperazine rings is 1. The van der Waals surface area contributed by atoms with Gasteiger partial charge in [-0.25, -0.2) is 0 Å². The van der Waals surface area contributed by atoms with E-state index in [2.05, 4.69) is 22.0 Å². The molecule has 1 saturated heterocycles. The van der Waals surface area contributed by atoms with Gasteiger partial charge in [0.05, 0.1) is 5.71 Å². The lowest BCUT2D eigenvalue weighted by Gasteiger charge is -2.33. The van der Waals surface area contributed by atoms with E-state index < -0.39 is 0 Å². The van der Waals surface area contributed by atoms with Crippen molar-refractivity contribution in [3.05, 3.63) is 69.7 Å². The van der Waals surface area contributed by atoms with Crippen LogP contribution in [0.2, 0.25) is 10.0 Å². The number of halogens is 2. The van der Waals surface area contributed by atoms with Gasteiger partial charge in [0, 0.05) is 42.8 Å². The molecule has 0 aromatic heterocycles. The van der Waals surface area contributed by atoms with Crippen molar-refractivity contribution in [2.24, 2.45) is 5.10 Å². The Kier molecular flexibility index (Phi) is 5.77. The van der Waals surface area contributed by atoms with Gasteiger partial charge in [0.25, 0.3) is 0 Å². The molecule has 0 bridgehead atoms. The molecule has 0 saturated carbocycles. The molecule has 126 valence electrons. The van der Waals surface area contributed by atoms with Crippen LogP contribution in [-0.2, 0) is 6.54 Å². The maximum absolute atomic E-state index is 5.94. The molecule has 2 aromatic carbocycles. The normalized spacial score (nSPS) is 16.5. The lowest BCUT2D eigenvalue weighted by atomic mass is 10.1. The molecule has 0 N–H and O–H groups in total. The summed E-state index contributed by atoms with van der Waals surface area (Å²) in [5.74, 6) is 0. The monoisotopic (exact) mass is 361 g/mol. The number of hydrogen-bond donors (Lipinski definition) is 0. The van der Waals surface area contributed by atoms with E-state index >= 15 is 0 Å². The summed E-state index contributed by atoms with van der Waals surface area (Å²) in [5.41, 5.74) is 3.44. The van der Waals surface area contributed by atoms with Crippen molar-refractivity contribution in [3.8, 4) is 0 Å². The predicted molar refractivity (Wildman–Crippen MR) is 102 cm³/mol. The van der Waals surface area contributed by atoms with E-state index in [0.29, 0.717) is 0 Å². The molecule has 1 aliphatic heterocycles. The average molecular weight is 362 g/mol. The Morgan fingerprint density at radius 3 is 2.00 bits per heavy atom. The highest BCUT2D eigenvalue weighted by atomic mass is 35.5. The van der Waals surface area contributed by atoms with Crippen molar-refractivity contribution >= 4 is 28.9 Å². The summed E-state index contributed by atoms with van der Waals surface area (Å²) in [6.45, 7) is 6.92. The molecular formula is C19H21Cl2N3. The molecule has 1 fully saturated rings. The summed E-state index contributed by atoms with van der Waals surface area (Å²) in [7, 11) is 0. The Hall–Kier alpha value is -1.55. The van der Waals surface area contributed by atoms with Gasteiger partial charge in [-0.15, -0.1) is 0 Å². The van der Waals surface area contributed by atoms with Gasteiger partial charge in [0.2, 0.25) is 0 Å². The predicted octanol–water partition coefficient (Wildman–Crippen LogP) is 4.54. The number of hydrazone groups is 1. The molecule has 24 heavy (non-hydrogen) atoms. The Labute approximate surface area is 153 Å². The summed E-state index contributed by atoms with van der Waals surface area (Å²) < 4.78 is 0. The summed E-state index contributed by atoms with van der Waals surface area (Å²) in [6.07, 6.45) is 0. The van der Waals surface area contributed by atoms with Crippen LogP contribution in [0.4, 0.5) is 0 Å². The number of nitrogens with zero attached hydrogens (tertiary/aromatic N) is 3. The van der Waals surface area contributed by atoms with Crippen LogP contribution in [0.3, 0.4) is 0 Å². The Balaban J connectivity index is 1.53. The van der Waals surface area contributed by atoms with Gasteiger partial charge in [-0.2, -0.15) is 5.10 Å². The van der Waals surface area contributed by atoms with Gasteiger partial charge in [-0.05, 0) is 42.3 Å². The van der Waals surface area contributed by atoms with Gasteiger partial charge in [-0.1, -0.05) is 47.5 Å². The molecular weight excluding hydrogens is 341 g/mol. The molecule has 5 heteroatoms. The highest BCUT2D eigenvalue weighted by Crippen LogP contribution is 2.14. The fraction of sp³-hybridized carbons (Fsp3) is 0.316. The van der Waals surface area contributed by atoms with E-state index in [-0.39, 0.29) is 0 Å². The summed E-state index contributed by atoms with van der Waals surface area (Å²) in [6, 6.07) is 15.9. The van der Waals surface area contributed by atoms with E-state index in [1.807, 2.05) is 43.3 Å². The molecule has 3 rings (SSSR count). The quantitative estimate of drug-likeness (QED) is 0.744. The minimum absolute atomic E-state index is 0.752. The fourth-order valence-electron chi connectivity index (χ4n) is 2.80. The molecule has 2 aromatic rings. The van der Waals surface area contributed by atoms with Gasteiger partial charge in [0.1, 0.15) is 0 Å². The molecule has 3 nitrogen and oxygen atoms in total. The smallest absolute Gasteiger partial charge is 0.0646 e. The van der Waals surface area contributed by atoms with Crippen molar-refractivity contribution in [2.45, 2.75) is 13.5 Å². The molecule has 0 unspecified atom stereocenters. The first-order chi connectivity index (χ1) is 11.6. The number of rotatable bonds is 4. The van der Waals surface area contributed by atoms with E-state index in [0.717, 1.165) is 54.0 Å². The molecule has 1 heterocycles. The van der Waals surface area contributed by atoms with Crippen molar-refractivity contribution in [3.63, 3.8) is 0 Å². The Morgan fingerprint density at radius 1 is 0.875 bits per heavy atom. The van der Waals surface area contributed by atoms with Gasteiger partial charge in [-0.3, -0.25) is 9.91 Å². The van der Waals surface area contributed by atoms with Crippen LogP contribution in [0.1, 0.15) is 18.1 Å². The minimum atomic E-state index is 0.752. The average Bonchev–Trinajstić information content (AvgIpc) is 2.59. The fourth-order valence-corrected chi connectivity index (χ4v) is 3.06. The lowest BCUT2D eigenvalue weighted by molar-refractivity contribution is 0.130. The second-order valence-electron chi connectivity index (χ2n) is 6.05. The molecule has 0 amide bonds. The first-order valence-corrected chi connectivity index (χ1v) is 8.88. The van der Waals surface area contributed by atoms with Crippen LogP contribution >= 0.6 is 23.2 Å². The van der Waals surface area contributed by atoms with E-state index in [9.17, 15) is 0 Å². The first kappa shape index (κ1) is 17.3. The van der Waals surface area contributed by atoms with Crippen molar-refractivity contribution in [2.75, 3.05) is 26.2 Å². The Morgan fingerprint density at radius 2 is 1.42 bits per heavy atom.